The quantitative estimate of drug-likeness (QED) is 0.887. The highest BCUT2D eigenvalue weighted by atomic mass is 35.5. The normalized spacial score (nSPS) is 16.1. The van der Waals surface area contributed by atoms with E-state index in [1.165, 1.54) is 12.8 Å². The highest BCUT2D eigenvalue weighted by Gasteiger charge is 2.29. The molecule has 0 spiro atoms. The Morgan fingerprint density at radius 2 is 2.28 bits per heavy atom. The zero-order chi connectivity index (χ0) is 13.1. The van der Waals surface area contributed by atoms with Gasteiger partial charge in [-0.05, 0) is 37.5 Å². The Morgan fingerprint density at radius 1 is 1.56 bits per heavy atom. The van der Waals surface area contributed by atoms with E-state index in [2.05, 4.69) is 17.0 Å². The van der Waals surface area contributed by atoms with E-state index in [0.29, 0.717) is 17.5 Å². The number of nitrogens with two attached hydrogens (primary N) is 1. The molecular formula is C14H18ClN3. The predicted octanol–water partition coefficient (Wildman–Crippen LogP) is 3.24. The maximum Gasteiger partial charge on any atom is 0.0640 e. The second kappa shape index (κ2) is 5.60. The van der Waals surface area contributed by atoms with Gasteiger partial charge in [-0.3, -0.25) is 0 Å². The van der Waals surface area contributed by atoms with Crippen molar-refractivity contribution in [3.63, 3.8) is 0 Å². The van der Waals surface area contributed by atoms with Crippen LogP contribution in [0.2, 0.25) is 5.02 Å². The molecule has 0 saturated heterocycles. The first kappa shape index (κ1) is 13.2. The Balaban J connectivity index is 2.20. The van der Waals surface area contributed by atoms with E-state index in [0.717, 1.165) is 17.8 Å². The highest BCUT2D eigenvalue weighted by molar-refractivity contribution is 6.31. The number of nitrogens with zero attached hydrogens (tertiary/aromatic N) is 2. The Morgan fingerprint density at radius 3 is 2.78 bits per heavy atom. The van der Waals surface area contributed by atoms with Crippen LogP contribution in [0.25, 0.3) is 0 Å². The van der Waals surface area contributed by atoms with Crippen LogP contribution in [0.4, 0.5) is 5.69 Å². The van der Waals surface area contributed by atoms with Gasteiger partial charge in [0.15, 0.2) is 0 Å². The molecule has 1 fully saturated rings. The summed E-state index contributed by atoms with van der Waals surface area (Å²) in [6.07, 6.45) is 2.96. The molecule has 18 heavy (non-hydrogen) atoms. The van der Waals surface area contributed by atoms with Gasteiger partial charge >= 0.3 is 0 Å². The molecule has 1 aromatic rings. The standard InChI is InChI=1S/C14H18ClN3/c1-10(17)13-6-5-12(9-14(13)15)18(8-2-7-16)11-3-4-11/h5-6,9-11H,2-4,8,17H2,1H3. The van der Waals surface area contributed by atoms with Gasteiger partial charge in [-0.1, -0.05) is 17.7 Å². The van der Waals surface area contributed by atoms with Gasteiger partial charge in [0.25, 0.3) is 0 Å². The lowest BCUT2D eigenvalue weighted by Gasteiger charge is -2.24. The van der Waals surface area contributed by atoms with Crippen molar-refractivity contribution in [2.24, 2.45) is 5.73 Å². The van der Waals surface area contributed by atoms with Crippen LogP contribution in [0.3, 0.4) is 0 Å². The molecule has 1 aromatic carbocycles. The fourth-order valence-electron chi connectivity index (χ4n) is 2.14. The van der Waals surface area contributed by atoms with Gasteiger partial charge < -0.3 is 10.6 Å². The van der Waals surface area contributed by atoms with E-state index in [9.17, 15) is 0 Å². The third-order valence-corrected chi connectivity index (χ3v) is 3.59. The lowest BCUT2D eigenvalue weighted by Crippen LogP contribution is -2.26. The van der Waals surface area contributed by atoms with Crippen LogP contribution in [-0.2, 0) is 0 Å². The van der Waals surface area contributed by atoms with E-state index in [-0.39, 0.29) is 6.04 Å². The molecule has 1 unspecified atom stereocenters. The predicted molar refractivity (Wildman–Crippen MR) is 74.7 cm³/mol. The van der Waals surface area contributed by atoms with Crippen molar-refractivity contribution < 1.29 is 0 Å². The zero-order valence-corrected chi connectivity index (χ0v) is 11.3. The van der Waals surface area contributed by atoms with Gasteiger partial charge in [-0.25, -0.2) is 0 Å². The summed E-state index contributed by atoms with van der Waals surface area (Å²) in [5.74, 6) is 0. The molecule has 96 valence electrons. The van der Waals surface area contributed by atoms with Gasteiger partial charge in [0.2, 0.25) is 0 Å². The summed E-state index contributed by atoms with van der Waals surface area (Å²) < 4.78 is 0. The first-order valence-electron chi connectivity index (χ1n) is 6.32. The third-order valence-electron chi connectivity index (χ3n) is 3.26. The number of nitriles is 1. The molecule has 1 atom stereocenters. The Kier molecular flexibility index (Phi) is 4.11. The van der Waals surface area contributed by atoms with Crippen molar-refractivity contribution >= 4 is 17.3 Å². The second-order valence-electron chi connectivity index (χ2n) is 4.83. The lowest BCUT2D eigenvalue weighted by atomic mass is 10.1. The van der Waals surface area contributed by atoms with E-state index in [4.69, 9.17) is 22.6 Å². The monoisotopic (exact) mass is 263 g/mol. The molecule has 0 heterocycles. The number of hydrogen-bond donors (Lipinski definition) is 1. The van der Waals surface area contributed by atoms with Crippen LogP contribution in [0.5, 0.6) is 0 Å². The van der Waals surface area contributed by atoms with Crippen molar-refractivity contribution in [1.29, 1.82) is 5.26 Å². The average Bonchev–Trinajstić information content (AvgIpc) is 3.13. The second-order valence-corrected chi connectivity index (χ2v) is 5.23. The summed E-state index contributed by atoms with van der Waals surface area (Å²) in [5, 5.41) is 9.43. The first-order chi connectivity index (χ1) is 8.63. The van der Waals surface area contributed by atoms with Gasteiger partial charge in [-0.15, -0.1) is 0 Å². The van der Waals surface area contributed by atoms with Crippen molar-refractivity contribution in [1.82, 2.24) is 0 Å². The summed E-state index contributed by atoms with van der Waals surface area (Å²) >= 11 is 6.26. The first-order valence-corrected chi connectivity index (χ1v) is 6.70. The molecule has 2 N–H and O–H groups in total. The molecule has 1 aliphatic rings. The van der Waals surface area contributed by atoms with Crippen molar-refractivity contribution in [2.75, 3.05) is 11.4 Å². The molecule has 3 nitrogen and oxygen atoms in total. The summed E-state index contributed by atoms with van der Waals surface area (Å²) in [6, 6.07) is 8.74. The largest absolute Gasteiger partial charge is 0.367 e. The van der Waals surface area contributed by atoms with E-state index in [1.54, 1.807) is 0 Å². The van der Waals surface area contributed by atoms with Crippen LogP contribution < -0.4 is 10.6 Å². The van der Waals surface area contributed by atoms with Crippen LogP contribution in [0, 0.1) is 11.3 Å². The van der Waals surface area contributed by atoms with Crippen LogP contribution >= 0.6 is 11.6 Å². The molecule has 1 aliphatic carbocycles. The molecule has 0 amide bonds. The van der Waals surface area contributed by atoms with Crippen molar-refractivity contribution in [2.45, 2.75) is 38.3 Å². The van der Waals surface area contributed by atoms with Gasteiger partial charge in [0, 0.05) is 29.3 Å². The minimum atomic E-state index is -0.0555. The number of hydrogen-bond acceptors (Lipinski definition) is 3. The highest BCUT2D eigenvalue weighted by Crippen LogP contribution is 2.34. The van der Waals surface area contributed by atoms with Crippen LogP contribution in [0.1, 0.15) is 37.8 Å². The Bertz CT molecular complexity index is 461. The average molecular weight is 264 g/mol. The number of anilines is 1. The van der Waals surface area contributed by atoms with Crippen LogP contribution in [-0.4, -0.2) is 12.6 Å². The topological polar surface area (TPSA) is 53.0 Å². The Hall–Kier alpha value is -1.24. The van der Waals surface area contributed by atoms with E-state index < -0.39 is 0 Å². The summed E-state index contributed by atoms with van der Waals surface area (Å²) in [5.41, 5.74) is 7.92. The third kappa shape index (κ3) is 2.95. The van der Waals surface area contributed by atoms with Crippen molar-refractivity contribution in [3.8, 4) is 6.07 Å². The number of benzene rings is 1. The molecule has 0 aliphatic heterocycles. The molecule has 1 saturated carbocycles. The number of halogens is 1. The summed E-state index contributed by atoms with van der Waals surface area (Å²) in [6.45, 7) is 2.70. The smallest absolute Gasteiger partial charge is 0.0640 e. The maximum atomic E-state index is 8.72. The minimum absolute atomic E-state index is 0.0555. The van der Waals surface area contributed by atoms with Gasteiger partial charge in [0.1, 0.15) is 0 Å². The summed E-state index contributed by atoms with van der Waals surface area (Å²) in [7, 11) is 0. The Labute approximate surface area is 113 Å². The van der Waals surface area contributed by atoms with E-state index >= 15 is 0 Å². The minimum Gasteiger partial charge on any atom is -0.367 e. The lowest BCUT2D eigenvalue weighted by molar-refractivity contribution is 0.788. The molecule has 0 aromatic heterocycles. The number of rotatable bonds is 5. The fourth-order valence-corrected chi connectivity index (χ4v) is 2.49. The van der Waals surface area contributed by atoms with E-state index in [1.807, 2.05) is 19.1 Å². The summed E-state index contributed by atoms with van der Waals surface area (Å²) in [4.78, 5) is 2.28. The molecule has 2 rings (SSSR count). The SMILES string of the molecule is CC(N)c1ccc(N(CCC#N)C2CC2)cc1Cl. The molecule has 0 bridgehead atoms. The molecule has 4 heteroatoms. The fraction of sp³-hybridized carbons (Fsp3) is 0.500. The zero-order valence-electron chi connectivity index (χ0n) is 10.6. The molecular weight excluding hydrogens is 246 g/mol. The molecule has 0 radical (unpaired) electrons. The van der Waals surface area contributed by atoms with Crippen molar-refractivity contribution in [3.05, 3.63) is 28.8 Å². The van der Waals surface area contributed by atoms with Crippen LogP contribution in [0.15, 0.2) is 18.2 Å². The van der Waals surface area contributed by atoms with Gasteiger partial charge in [0.05, 0.1) is 12.5 Å². The van der Waals surface area contributed by atoms with Gasteiger partial charge in [-0.2, -0.15) is 5.26 Å². The maximum absolute atomic E-state index is 8.72.